The van der Waals surface area contributed by atoms with Crippen molar-refractivity contribution >= 4 is 5.97 Å². The Kier molecular flexibility index (Phi) is 4.60. The van der Waals surface area contributed by atoms with Crippen molar-refractivity contribution in [1.82, 2.24) is 0 Å². The number of aromatic carboxylic acids is 1. The summed E-state index contributed by atoms with van der Waals surface area (Å²) in [6.07, 6.45) is 0. The fourth-order valence-corrected chi connectivity index (χ4v) is 2.04. The minimum atomic E-state index is -1.17. The van der Waals surface area contributed by atoms with E-state index in [9.17, 15) is 18.7 Å². The van der Waals surface area contributed by atoms with Gasteiger partial charge in [0.1, 0.15) is 11.3 Å². The van der Waals surface area contributed by atoms with Crippen LogP contribution in [0.4, 0.5) is 8.78 Å². The van der Waals surface area contributed by atoms with Gasteiger partial charge >= 0.3 is 5.97 Å². The first-order chi connectivity index (χ1) is 10.5. The Morgan fingerprint density at radius 1 is 1.14 bits per heavy atom. The molecule has 4 nitrogen and oxygen atoms in total. The maximum absolute atomic E-state index is 13.6. The third kappa shape index (κ3) is 3.00. The fourth-order valence-electron chi connectivity index (χ4n) is 2.04. The Balaban J connectivity index is 2.56. The number of rotatable bonds is 5. The fraction of sp³-hybridized carbons (Fsp3) is 0.188. The molecule has 0 bridgehead atoms. The van der Waals surface area contributed by atoms with Gasteiger partial charge in [0.2, 0.25) is 5.82 Å². The molecular weight excluding hydrogens is 294 g/mol. The molecule has 2 aromatic carbocycles. The Hall–Kier alpha value is -2.63. The first-order valence-corrected chi connectivity index (χ1v) is 6.51. The van der Waals surface area contributed by atoms with Crippen molar-refractivity contribution in [3.05, 3.63) is 47.5 Å². The van der Waals surface area contributed by atoms with E-state index in [2.05, 4.69) is 0 Å². The van der Waals surface area contributed by atoms with Gasteiger partial charge in [0, 0.05) is 0 Å². The zero-order valence-corrected chi connectivity index (χ0v) is 12.0. The molecule has 1 N–H and O–H groups in total. The molecule has 0 unspecified atom stereocenters. The normalized spacial score (nSPS) is 10.4. The predicted molar refractivity (Wildman–Crippen MR) is 76.5 cm³/mol. The van der Waals surface area contributed by atoms with E-state index in [1.165, 1.54) is 25.3 Å². The molecule has 0 fully saturated rings. The molecule has 0 saturated heterocycles. The minimum Gasteiger partial charge on any atom is -0.494 e. The quantitative estimate of drug-likeness (QED) is 0.914. The van der Waals surface area contributed by atoms with E-state index in [-0.39, 0.29) is 17.1 Å². The first kappa shape index (κ1) is 15.8. The van der Waals surface area contributed by atoms with Crippen LogP contribution in [-0.2, 0) is 0 Å². The lowest BCUT2D eigenvalue weighted by Crippen LogP contribution is -2.03. The second kappa shape index (κ2) is 6.43. The lowest BCUT2D eigenvalue weighted by Gasteiger charge is -2.11. The number of benzene rings is 2. The van der Waals surface area contributed by atoms with Gasteiger partial charge < -0.3 is 14.6 Å². The second-order valence-corrected chi connectivity index (χ2v) is 4.42. The van der Waals surface area contributed by atoms with Crippen LogP contribution in [0.25, 0.3) is 11.1 Å². The molecule has 6 heteroatoms. The molecule has 0 aliphatic rings. The molecule has 2 rings (SSSR count). The monoisotopic (exact) mass is 308 g/mol. The molecular formula is C16H14F2O4. The molecule has 0 saturated carbocycles. The van der Waals surface area contributed by atoms with Crippen molar-refractivity contribution in [3.63, 3.8) is 0 Å². The van der Waals surface area contributed by atoms with E-state index in [0.717, 1.165) is 6.07 Å². The van der Waals surface area contributed by atoms with E-state index >= 15 is 0 Å². The van der Waals surface area contributed by atoms with Crippen LogP contribution in [0, 0.1) is 11.6 Å². The number of halogens is 2. The maximum atomic E-state index is 13.6. The summed E-state index contributed by atoms with van der Waals surface area (Å²) in [4.78, 5) is 11.3. The van der Waals surface area contributed by atoms with Gasteiger partial charge in [-0.3, -0.25) is 0 Å². The van der Waals surface area contributed by atoms with Crippen molar-refractivity contribution in [1.29, 1.82) is 0 Å². The van der Waals surface area contributed by atoms with E-state index in [1.54, 1.807) is 13.0 Å². The Morgan fingerprint density at radius 2 is 1.86 bits per heavy atom. The summed E-state index contributed by atoms with van der Waals surface area (Å²) in [6.45, 7) is 2.05. The van der Waals surface area contributed by atoms with Gasteiger partial charge in [-0.2, -0.15) is 4.39 Å². The van der Waals surface area contributed by atoms with E-state index < -0.39 is 17.6 Å². The average molecular weight is 308 g/mol. The third-order valence-electron chi connectivity index (χ3n) is 3.06. The zero-order chi connectivity index (χ0) is 16.3. The Labute approximate surface area is 125 Å². The number of carboxylic acids is 1. The van der Waals surface area contributed by atoms with Crippen molar-refractivity contribution in [2.75, 3.05) is 13.7 Å². The third-order valence-corrected chi connectivity index (χ3v) is 3.06. The average Bonchev–Trinajstić information content (AvgIpc) is 2.50. The summed E-state index contributed by atoms with van der Waals surface area (Å²) < 4.78 is 37.0. The van der Waals surface area contributed by atoms with Gasteiger partial charge in [0.05, 0.1) is 13.7 Å². The number of carbonyl (C=O) groups is 1. The highest BCUT2D eigenvalue weighted by Crippen LogP contribution is 2.31. The summed E-state index contributed by atoms with van der Waals surface area (Å²) >= 11 is 0. The Morgan fingerprint density at radius 3 is 2.45 bits per heavy atom. The molecule has 0 aliphatic carbocycles. The van der Waals surface area contributed by atoms with E-state index in [1.807, 2.05) is 0 Å². The lowest BCUT2D eigenvalue weighted by atomic mass is 10.0. The minimum absolute atomic E-state index is 0.0527. The molecule has 0 spiro atoms. The summed E-state index contributed by atoms with van der Waals surface area (Å²) in [6, 6.07) is 6.69. The highest BCUT2D eigenvalue weighted by Gasteiger charge is 2.16. The molecule has 0 radical (unpaired) electrons. The molecule has 0 atom stereocenters. The van der Waals surface area contributed by atoms with Crippen molar-refractivity contribution in [2.45, 2.75) is 6.92 Å². The Bertz CT molecular complexity index is 714. The van der Waals surface area contributed by atoms with Gasteiger partial charge in [0.25, 0.3) is 0 Å². The van der Waals surface area contributed by atoms with Crippen molar-refractivity contribution in [2.24, 2.45) is 0 Å². The molecule has 0 aromatic heterocycles. The van der Waals surface area contributed by atoms with Crippen LogP contribution in [-0.4, -0.2) is 24.8 Å². The van der Waals surface area contributed by atoms with Crippen LogP contribution in [0.1, 0.15) is 17.3 Å². The van der Waals surface area contributed by atoms with E-state index in [4.69, 9.17) is 9.47 Å². The molecule has 0 amide bonds. The molecule has 0 heterocycles. The number of carboxylic acid groups (broad SMARTS) is 1. The highest BCUT2D eigenvalue weighted by atomic mass is 19.2. The standard InChI is InChI=1S/C16H14F2O4/c1-3-22-13-5-4-9(6-11(13)16(19)20)10-7-12(17)15(18)14(8-10)21-2/h4-8H,3H2,1-2H3,(H,19,20). The second-order valence-electron chi connectivity index (χ2n) is 4.42. The SMILES string of the molecule is CCOc1ccc(-c2cc(F)c(F)c(OC)c2)cc1C(=O)O. The number of ether oxygens (including phenoxy) is 2. The van der Waals surface area contributed by atoms with Crippen molar-refractivity contribution in [3.8, 4) is 22.6 Å². The zero-order valence-electron chi connectivity index (χ0n) is 12.0. The van der Waals surface area contributed by atoms with Crippen LogP contribution in [0.5, 0.6) is 11.5 Å². The van der Waals surface area contributed by atoms with Gasteiger partial charge in [-0.15, -0.1) is 0 Å². The number of hydrogen-bond donors (Lipinski definition) is 1. The summed E-state index contributed by atoms with van der Waals surface area (Å²) in [5.41, 5.74) is 0.669. The lowest BCUT2D eigenvalue weighted by molar-refractivity contribution is 0.0692. The summed E-state index contributed by atoms with van der Waals surface area (Å²) in [7, 11) is 1.22. The van der Waals surface area contributed by atoms with E-state index in [0.29, 0.717) is 17.7 Å². The van der Waals surface area contributed by atoms with Crippen LogP contribution >= 0.6 is 0 Å². The molecule has 116 valence electrons. The largest absolute Gasteiger partial charge is 0.494 e. The topological polar surface area (TPSA) is 55.8 Å². The first-order valence-electron chi connectivity index (χ1n) is 6.51. The van der Waals surface area contributed by atoms with Gasteiger partial charge in [0.15, 0.2) is 11.6 Å². The van der Waals surface area contributed by atoms with Crippen LogP contribution in [0.3, 0.4) is 0 Å². The van der Waals surface area contributed by atoms with Crippen LogP contribution in [0.2, 0.25) is 0 Å². The molecule has 0 aliphatic heterocycles. The van der Waals surface area contributed by atoms with Gasteiger partial charge in [-0.1, -0.05) is 6.07 Å². The number of hydrogen-bond acceptors (Lipinski definition) is 3. The summed E-state index contributed by atoms with van der Waals surface area (Å²) in [5, 5.41) is 9.22. The summed E-state index contributed by atoms with van der Waals surface area (Å²) in [5.74, 6) is -3.36. The van der Waals surface area contributed by atoms with Crippen LogP contribution < -0.4 is 9.47 Å². The van der Waals surface area contributed by atoms with Gasteiger partial charge in [-0.25, -0.2) is 9.18 Å². The number of methoxy groups -OCH3 is 1. The highest BCUT2D eigenvalue weighted by molar-refractivity contribution is 5.92. The van der Waals surface area contributed by atoms with Crippen molar-refractivity contribution < 1.29 is 28.2 Å². The van der Waals surface area contributed by atoms with Gasteiger partial charge in [-0.05, 0) is 42.3 Å². The smallest absolute Gasteiger partial charge is 0.339 e. The molecule has 2 aromatic rings. The molecule has 22 heavy (non-hydrogen) atoms. The maximum Gasteiger partial charge on any atom is 0.339 e. The predicted octanol–water partition coefficient (Wildman–Crippen LogP) is 3.74. The van der Waals surface area contributed by atoms with Crippen LogP contribution in [0.15, 0.2) is 30.3 Å².